The number of nitrogens with zero attached hydrogens (tertiary/aromatic N) is 2. The second kappa shape index (κ2) is 8.02. The van der Waals surface area contributed by atoms with E-state index in [1.807, 2.05) is 0 Å². The van der Waals surface area contributed by atoms with Gasteiger partial charge in [-0.05, 0) is 12.1 Å². The summed E-state index contributed by atoms with van der Waals surface area (Å²) in [5.41, 5.74) is 0.614. The Morgan fingerprint density at radius 3 is 2.83 bits per heavy atom. The van der Waals surface area contributed by atoms with E-state index in [2.05, 4.69) is 15.5 Å². The zero-order chi connectivity index (χ0) is 17.7. The first-order valence-corrected chi connectivity index (χ1v) is 7.90. The Hall–Kier alpha value is -2.26. The van der Waals surface area contributed by atoms with Gasteiger partial charge in [0.1, 0.15) is 0 Å². The summed E-state index contributed by atoms with van der Waals surface area (Å²) in [5, 5.41) is 20.5. The summed E-state index contributed by atoms with van der Waals surface area (Å²) in [6.07, 6.45) is 1.03. The second-order valence-corrected chi connectivity index (χ2v) is 6.16. The summed E-state index contributed by atoms with van der Waals surface area (Å²) in [4.78, 5) is 22.1. The van der Waals surface area contributed by atoms with E-state index in [1.165, 1.54) is 20.4 Å². The number of aliphatic carboxylic acids is 1. The lowest BCUT2D eigenvalue weighted by Crippen LogP contribution is -2.31. The summed E-state index contributed by atoms with van der Waals surface area (Å²) >= 11 is 7.06. The molecule has 1 aliphatic rings. The van der Waals surface area contributed by atoms with E-state index in [9.17, 15) is 14.7 Å². The smallest absolute Gasteiger partial charge is 0.239 e. The van der Waals surface area contributed by atoms with Crippen molar-refractivity contribution in [2.45, 2.75) is 11.7 Å². The summed E-state index contributed by atoms with van der Waals surface area (Å²) in [5.74, 6) is -0.886. The predicted octanol–water partition coefficient (Wildman–Crippen LogP) is 0.419. The van der Waals surface area contributed by atoms with Gasteiger partial charge in [-0.15, -0.1) is 5.10 Å². The fourth-order valence-corrected chi connectivity index (χ4v) is 3.10. The van der Waals surface area contributed by atoms with E-state index in [0.717, 1.165) is 11.8 Å². The molecule has 1 saturated heterocycles. The van der Waals surface area contributed by atoms with E-state index in [0.29, 0.717) is 22.1 Å². The van der Waals surface area contributed by atoms with Crippen molar-refractivity contribution in [3.05, 3.63) is 22.7 Å². The molecule has 0 bridgehead atoms. The van der Waals surface area contributed by atoms with E-state index in [4.69, 9.17) is 21.1 Å². The highest BCUT2D eigenvalue weighted by Gasteiger charge is 2.30. The average molecular weight is 371 g/mol. The standard InChI is InChI=1S/C14H14ClN3O5S/c1-22-9-4-7(3-8(15)12(9)23-2)6-16-18-14-17-13(21)10(24-14)5-11(19)20/h3-4,6,10H,5H2,1-2H3,(H,19,20)(H,17,18,21)/p-1/b16-6-/t10-/m1/s1. The van der Waals surface area contributed by atoms with Crippen molar-refractivity contribution in [2.24, 2.45) is 10.2 Å². The lowest BCUT2D eigenvalue weighted by atomic mass is 10.2. The molecule has 128 valence electrons. The molecule has 1 N–H and O–H groups in total. The fourth-order valence-electron chi connectivity index (χ4n) is 1.90. The van der Waals surface area contributed by atoms with Crippen LogP contribution in [0.25, 0.3) is 0 Å². The number of hydrogen-bond acceptors (Lipinski definition) is 8. The Morgan fingerprint density at radius 2 is 2.21 bits per heavy atom. The van der Waals surface area contributed by atoms with Crippen molar-refractivity contribution in [1.29, 1.82) is 0 Å². The maximum atomic E-state index is 11.5. The molecule has 2 rings (SSSR count). The van der Waals surface area contributed by atoms with Crippen LogP contribution in [0, 0.1) is 0 Å². The molecule has 0 saturated carbocycles. The summed E-state index contributed by atoms with van der Waals surface area (Å²) in [6.45, 7) is 0. The van der Waals surface area contributed by atoms with Crippen LogP contribution < -0.4 is 19.9 Å². The first-order valence-electron chi connectivity index (χ1n) is 6.64. The van der Waals surface area contributed by atoms with Gasteiger partial charge in [-0.1, -0.05) is 23.4 Å². The van der Waals surface area contributed by atoms with Crippen LogP contribution in [-0.2, 0) is 9.59 Å². The maximum absolute atomic E-state index is 11.5. The summed E-state index contributed by atoms with van der Waals surface area (Å²) < 4.78 is 10.3. The number of halogens is 1. The van der Waals surface area contributed by atoms with Crippen LogP contribution in [0.3, 0.4) is 0 Å². The average Bonchev–Trinajstić information content (AvgIpc) is 2.85. The number of methoxy groups -OCH3 is 2. The Kier molecular flexibility index (Phi) is 6.04. The second-order valence-electron chi connectivity index (χ2n) is 4.56. The number of carbonyl (C=O) groups excluding carboxylic acids is 2. The minimum Gasteiger partial charge on any atom is -0.550 e. The Morgan fingerprint density at radius 1 is 1.46 bits per heavy atom. The van der Waals surface area contributed by atoms with Crippen molar-refractivity contribution in [2.75, 3.05) is 14.2 Å². The zero-order valence-corrected chi connectivity index (χ0v) is 14.3. The third kappa shape index (κ3) is 4.39. The summed E-state index contributed by atoms with van der Waals surface area (Å²) in [7, 11) is 2.96. The number of hydrogen-bond donors (Lipinski definition) is 1. The lowest BCUT2D eigenvalue weighted by molar-refractivity contribution is -0.305. The quantitative estimate of drug-likeness (QED) is 0.573. The fraction of sp³-hybridized carbons (Fsp3) is 0.286. The molecular weight excluding hydrogens is 358 g/mol. The van der Waals surface area contributed by atoms with Crippen molar-refractivity contribution >= 4 is 46.6 Å². The maximum Gasteiger partial charge on any atom is 0.239 e. The molecule has 1 fully saturated rings. The SMILES string of the molecule is COc1cc(/C=N\N=C2\NC(=O)[C@@H](CC(=O)[O-])S2)cc(Cl)c1OC. The molecule has 1 heterocycles. The first kappa shape index (κ1) is 18.1. The molecule has 0 radical (unpaired) electrons. The van der Waals surface area contributed by atoms with Crippen LogP contribution in [-0.4, -0.2) is 42.7 Å². The van der Waals surface area contributed by atoms with Gasteiger partial charge in [0, 0.05) is 18.0 Å². The van der Waals surface area contributed by atoms with Gasteiger partial charge in [0.25, 0.3) is 0 Å². The highest BCUT2D eigenvalue weighted by Crippen LogP contribution is 2.35. The molecule has 1 aliphatic heterocycles. The number of rotatable bonds is 6. The van der Waals surface area contributed by atoms with Crippen LogP contribution in [0.4, 0.5) is 0 Å². The zero-order valence-electron chi connectivity index (χ0n) is 12.7. The third-order valence-electron chi connectivity index (χ3n) is 2.94. The van der Waals surface area contributed by atoms with Crippen molar-refractivity contribution in [3.8, 4) is 11.5 Å². The molecule has 1 aromatic carbocycles. The minimum atomic E-state index is -1.30. The van der Waals surface area contributed by atoms with Gasteiger partial charge in [0.2, 0.25) is 5.91 Å². The van der Waals surface area contributed by atoms with Gasteiger partial charge in [0.15, 0.2) is 16.7 Å². The predicted molar refractivity (Wildman–Crippen MR) is 88.7 cm³/mol. The molecule has 0 aliphatic carbocycles. The molecule has 1 amide bonds. The van der Waals surface area contributed by atoms with Gasteiger partial charge in [-0.25, -0.2) is 0 Å². The topological polar surface area (TPSA) is 112 Å². The van der Waals surface area contributed by atoms with Gasteiger partial charge in [-0.2, -0.15) is 5.10 Å². The number of carboxylic acid groups (broad SMARTS) is 1. The number of amides is 1. The highest BCUT2D eigenvalue weighted by atomic mass is 35.5. The van der Waals surface area contributed by atoms with E-state index in [-0.39, 0.29) is 11.6 Å². The molecule has 1 atom stereocenters. The Labute approximate surface area is 146 Å². The highest BCUT2D eigenvalue weighted by molar-refractivity contribution is 8.15. The number of carboxylic acids is 1. The van der Waals surface area contributed by atoms with Crippen molar-refractivity contribution in [1.82, 2.24) is 5.32 Å². The van der Waals surface area contributed by atoms with E-state index >= 15 is 0 Å². The van der Waals surface area contributed by atoms with Gasteiger partial charge in [0.05, 0.1) is 30.7 Å². The van der Waals surface area contributed by atoms with E-state index < -0.39 is 17.1 Å². The number of carbonyl (C=O) groups is 2. The Balaban J connectivity index is 2.10. The first-order chi connectivity index (χ1) is 11.4. The molecular formula is C14H13ClN3O5S-. The summed E-state index contributed by atoms with van der Waals surface area (Å²) in [6, 6.07) is 3.28. The molecule has 0 unspecified atom stereocenters. The number of amidine groups is 1. The van der Waals surface area contributed by atoms with E-state index in [1.54, 1.807) is 12.1 Å². The van der Waals surface area contributed by atoms with Crippen LogP contribution >= 0.6 is 23.4 Å². The molecule has 1 aromatic rings. The molecule has 0 aromatic heterocycles. The van der Waals surface area contributed by atoms with Crippen LogP contribution in [0.1, 0.15) is 12.0 Å². The normalized spacial score (nSPS) is 18.9. The molecule has 8 nitrogen and oxygen atoms in total. The molecule has 0 spiro atoms. The number of thioether (sulfide) groups is 1. The number of nitrogens with one attached hydrogen (secondary N) is 1. The monoisotopic (exact) mass is 370 g/mol. The lowest BCUT2D eigenvalue weighted by Gasteiger charge is -2.09. The van der Waals surface area contributed by atoms with Crippen LogP contribution in [0.5, 0.6) is 11.5 Å². The minimum absolute atomic E-state index is 0.217. The third-order valence-corrected chi connectivity index (χ3v) is 4.29. The van der Waals surface area contributed by atoms with Crippen LogP contribution in [0.2, 0.25) is 5.02 Å². The van der Waals surface area contributed by atoms with Gasteiger partial charge >= 0.3 is 0 Å². The number of ether oxygens (including phenoxy) is 2. The largest absolute Gasteiger partial charge is 0.550 e. The van der Waals surface area contributed by atoms with Gasteiger partial charge in [-0.3, -0.25) is 4.79 Å². The molecule has 24 heavy (non-hydrogen) atoms. The number of benzene rings is 1. The Bertz CT molecular complexity index is 723. The van der Waals surface area contributed by atoms with Crippen molar-refractivity contribution < 1.29 is 24.2 Å². The van der Waals surface area contributed by atoms with Gasteiger partial charge < -0.3 is 24.7 Å². The molecule has 10 heteroatoms. The van der Waals surface area contributed by atoms with Crippen molar-refractivity contribution in [3.63, 3.8) is 0 Å². The van der Waals surface area contributed by atoms with Crippen LogP contribution in [0.15, 0.2) is 22.3 Å².